The Bertz CT molecular complexity index is 425. The number of nitrogens with zero attached hydrogens (tertiary/aromatic N) is 1. The van der Waals surface area contributed by atoms with Crippen LogP contribution < -0.4 is 5.32 Å². The zero-order valence-corrected chi connectivity index (χ0v) is 11.6. The number of nitrogens with one attached hydrogen (secondary N) is 1. The Balaban J connectivity index is 1.96. The summed E-state index contributed by atoms with van der Waals surface area (Å²) < 4.78 is 0. The van der Waals surface area contributed by atoms with Gasteiger partial charge in [0, 0.05) is 18.0 Å². The molecule has 0 amide bonds. The van der Waals surface area contributed by atoms with Gasteiger partial charge >= 0.3 is 0 Å². The molecule has 2 rings (SSSR count). The second-order valence-corrected chi connectivity index (χ2v) is 5.47. The molecule has 2 aromatic rings. The molecule has 96 valence electrons. The van der Waals surface area contributed by atoms with Crippen LogP contribution in [0.1, 0.15) is 17.5 Å². The van der Waals surface area contributed by atoms with E-state index >= 15 is 0 Å². The molecule has 0 aliphatic rings. The average molecular weight is 260 g/mol. The SMILES string of the molecule is CCNCC(Cc1ccccc1)Cc1nccs1. The van der Waals surface area contributed by atoms with Crippen molar-refractivity contribution < 1.29 is 0 Å². The summed E-state index contributed by atoms with van der Waals surface area (Å²) in [6.07, 6.45) is 4.08. The number of hydrogen-bond acceptors (Lipinski definition) is 3. The van der Waals surface area contributed by atoms with Gasteiger partial charge < -0.3 is 5.32 Å². The summed E-state index contributed by atoms with van der Waals surface area (Å²) in [5.41, 5.74) is 1.41. The Morgan fingerprint density at radius 3 is 2.72 bits per heavy atom. The summed E-state index contributed by atoms with van der Waals surface area (Å²) in [6, 6.07) is 10.7. The standard InChI is InChI=1S/C15H20N2S/c1-2-16-12-14(11-15-17-8-9-18-15)10-13-6-4-3-5-7-13/h3-9,14,16H,2,10-12H2,1H3. The lowest BCUT2D eigenvalue weighted by atomic mass is 9.96. The molecule has 0 aliphatic heterocycles. The van der Waals surface area contributed by atoms with Crippen LogP contribution in [0.25, 0.3) is 0 Å². The van der Waals surface area contributed by atoms with Crippen LogP contribution in [0.4, 0.5) is 0 Å². The third-order valence-electron chi connectivity index (χ3n) is 3.00. The first kappa shape index (κ1) is 13.2. The number of rotatable bonds is 7. The molecule has 1 atom stereocenters. The van der Waals surface area contributed by atoms with E-state index in [2.05, 4.69) is 52.9 Å². The van der Waals surface area contributed by atoms with Gasteiger partial charge in [0.2, 0.25) is 0 Å². The average Bonchev–Trinajstić information content (AvgIpc) is 2.90. The Labute approximate surface area is 113 Å². The van der Waals surface area contributed by atoms with Gasteiger partial charge in [-0.2, -0.15) is 0 Å². The highest BCUT2D eigenvalue weighted by Crippen LogP contribution is 2.15. The predicted molar refractivity (Wildman–Crippen MR) is 78.0 cm³/mol. The van der Waals surface area contributed by atoms with E-state index in [1.165, 1.54) is 10.6 Å². The van der Waals surface area contributed by atoms with Crippen LogP contribution in [0.3, 0.4) is 0 Å². The summed E-state index contributed by atoms with van der Waals surface area (Å²) in [6.45, 7) is 4.25. The lowest BCUT2D eigenvalue weighted by Crippen LogP contribution is -2.25. The van der Waals surface area contributed by atoms with Gasteiger partial charge in [0.25, 0.3) is 0 Å². The minimum absolute atomic E-state index is 0.624. The van der Waals surface area contributed by atoms with E-state index in [4.69, 9.17) is 0 Å². The molecule has 18 heavy (non-hydrogen) atoms. The van der Waals surface area contributed by atoms with Crippen molar-refractivity contribution in [1.82, 2.24) is 10.3 Å². The second kappa shape index (κ2) is 7.29. The molecular weight excluding hydrogens is 240 g/mol. The molecule has 0 fully saturated rings. The molecule has 0 bridgehead atoms. The predicted octanol–water partition coefficient (Wildman–Crippen LogP) is 3.15. The van der Waals surface area contributed by atoms with Crippen molar-refractivity contribution in [1.29, 1.82) is 0 Å². The zero-order chi connectivity index (χ0) is 12.6. The van der Waals surface area contributed by atoms with Crippen LogP contribution in [-0.4, -0.2) is 18.1 Å². The highest BCUT2D eigenvalue weighted by Gasteiger charge is 2.11. The van der Waals surface area contributed by atoms with Crippen molar-refractivity contribution in [2.75, 3.05) is 13.1 Å². The maximum absolute atomic E-state index is 4.40. The van der Waals surface area contributed by atoms with E-state index in [9.17, 15) is 0 Å². The highest BCUT2D eigenvalue weighted by molar-refractivity contribution is 7.09. The molecule has 2 nitrogen and oxygen atoms in total. The molecule has 0 spiro atoms. The maximum atomic E-state index is 4.40. The second-order valence-electron chi connectivity index (χ2n) is 4.49. The van der Waals surface area contributed by atoms with E-state index in [1.54, 1.807) is 11.3 Å². The smallest absolute Gasteiger partial charge is 0.0928 e. The van der Waals surface area contributed by atoms with Crippen LogP contribution >= 0.6 is 11.3 Å². The first-order valence-electron chi connectivity index (χ1n) is 6.51. The van der Waals surface area contributed by atoms with Gasteiger partial charge in [-0.15, -0.1) is 11.3 Å². The van der Waals surface area contributed by atoms with Crippen molar-refractivity contribution in [2.24, 2.45) is 5.92 Å². The summed E-state index contributed by atoms with van der Waals surface area (Å²) in [5, 5.41) is 6.76. The fraction of sp³-hybridized carbons (Fsp3) is 0.400. The monoisotopic (exact) mass is 260 g/mol. The lowest BCUT2D eigenvalue weighted by Gasteiger charge is -2.16. The van der Waals surface area contributed by atoms with E-state index < -0.39 is 0 Å². The number of aromatic nitrogens is 1. The minimum atomic E-state index is 0.624. The first-order chi connectivity index (χ1) is 8.88. The summed E-state index contributed by atoms with van der Waals surface area (Å²) in [5.74, 6) is 0.624. The van der Waals surface area contributed by atoms with Gasteiger partial charge in [-0.05, 0) is 31.0 Å². The highest BCUT2D eigenvalue weighted by atomic mass is 32.1. The van der Waals surface area contributed by atoms with Crippen molar-refractivity contribution >= 4 is 11.3 Å². The molecule has 1 N–H and O–H groups in total. The third-order valence-corrected chi connectivity index (χ3v) is 3.80. The lowest BCUT2D eigenvalue weighted by molar-refractivity contribution is 0.477. The van der Waals surface area contributed by atoms with Gasteiger partial charge in [0.05, 0.1) is 5.01 Å². The number of hydrogen-bond donors (Lipinski definition) is 1. The molecule has 0 aliphatic carbocycles. The van der Waals surface area contributed by atoms with Gasteiger partial charge in [-0.1, -0.05) is 37.3 Å². The molecule has 3 heteroatoms. The normalized spacial score (nSPS) is 12.5. The van der Waals surface area contributed by atoms with Gasteiger partial charge in [-0.3, -0.25) is 0 Å². The minimum Gasteiger partial charge on any atom is -0.317 e. The van der Waals surface area contributed by atoms with Gasteiger partial charge in [0.1, 0.15) is 0 Å². The van der Waals surface area contributed by atoms with E-state index in [1.807, 2.05) is 6.20 Å². The van der Waals surface area contributed by atoms with E-state index in [0.29, 0.717) is 5.92 Å². The fourth-order valence-electron chi connectivity index (χ4n) is 2.11. The largest absolute Gasteiger partial charge is 0.317 e. The Kier molecular flexibility index (Phi) is 5.36. The van der Waals surface area contributed by atoms with Crippen LogP contribution in [0.15, 0.2) is 41.9 Å². The molecule has 0 saturated heterocycles. The molecule has 1 heterocycles. The maximum Gasteiger partial charge on any atom is 0.0928 e. The summed E-state index contributed by atoms with van der Waals surface area (Å²) in [7, 11) is 0. The quantitative estimate of drug-likeness (QED) is 0.827. The zero-order valence-electron chi connectivity index (χ0n) is 10.8. The Morgan fingerprint density at radius 1 is 1.22 bits per heavy atom. The van der Waals surface area contributed by atoms with E-state index in [0.717, 1.165) is 25.9 Å². The van der Waals surface area contributed by atoms with Crippen LogP contribution in [-0.2, 0) is 12.8 Å². The van der Waals surface area contributed by atoms with Crippen molar-refractivity contribution in [3.05, 3.63) is 52.5 Å². The summed E-state index contributed by atoms with van der Waals surface area (Å²) >= 11 is 1.76. The molecular formula is C15H20N2S. The van der Waals surface area contributed by atoms with Gasteiger partial charge in [0.15, 0.2) is 0 Å². The summed E-state index contributed by atoms with van der Waals surface area (Å²) in [4.78, 5) is 4.40. The van der Waals surface area contributed by atoms with Crippen molar-refractivity contribution in [3.63, 3.8) is 0 Å². The van der Waals surface area contributed by atoms with Crippen molar-refractivity contribution in [2.45, 2.75) is 19.8 Å². The number of benzene rings is 1. The molecule has 0 radical (unpaired) electrons. The molecule has 1 aromatic carbocycles. The Morgan fingerprint density at radius 2 is 2.06 bits per heavy atom. The Hall–Kier alpha value is -1.19. The van der Waals surface area contributed by atoms with Crippen LogP contribution in [0, 0.1) is 5.92 Å². The van der Waals surface area contributed by atoms with Crippen molar-refractivity contribution in [3.8, 4) is 0 Å². The molecule has 1 aromatic heterocycles. The first-order valence-corrected chi connectivity index (χ1v) is 7.39. The van der Waals surface area contributed by atoms with E-state index in [-0.39, 0.29) is 0 Å². The molecule has 1 unspecified atom stereocenters. The molecule has 0 saturated carbocycles. The third kappa shape index (κ3) is 4.24. The van der Waals surface area contributed by atoms with Crippen LogP contribution in [0.5, 0.6) is 0 Å². The number of thiazole rings is 1. The topological polar surface area (TPSA) is 24.9 Å². The van der Waals surface area contributed by atoms with Crippen LogP contribution in [0.2, 0.25) is 0 Å². The fourth-order valence-corrected chi connectivity index (χ4v) is 2.85. The van der Waals surface area contributed by atoms with Gasteiger partial charge in [-0.25, -0.2) is 4.98 Å².